The fraction of sp³-hybridized carbons (Fsp3) is 0.500. The first-order chi connectivity index (χ1) is 13.1. The Labute approximate surface area is 155 Å². The highest BCUT2D eigenvalue weighted by atomic mass is 16.3. The summed E-state index contributed by atoms with van der Waals surface area (Å²) in [6.07, 6.45) is 12.0. The van der Waals surface area contributed by atoms with Gasteiger partial charge in [0.2, 0.25) is 5.95 Å². The highest BCUT2D eigenvalue weighted by Crippen LogP contribution is 2.48. The number of imidazole rings is 1. The van der Waals surface area contributed by atoms with Crippen LogP contribution in [0.5, 0.6) is 0 Å². The smallest absolute Gasteiger partial charge is 0.272 e. The first-order valence-corrected chi connectivity index (χ1v) is 9.35. The lowest BCUT2D eigenvalue weighted by Crippen LogP contribution is -2.40. The molecule has 0 saturated heterocycles. The molecule has 5 rings (SSSR count). The third-order valence-corrected chi connectivity index (χ3v) is 5.82. The number of amides is 1. The molecule has 9 nitrogen and oxygen atoms in total. The van der Waals surface area contributed by atoms with Gasteiger partial charge in [-0.2, -0.15) is 5.10 Å². The van der Waals surface area contributed by atoms with Gasteiger partial charge >= 0.3 is 0 Å². The van der Waals surface area contributed by atoms with E-state index in [1.807, 2.05) is 0 Å². The van der Waals surface area contributed by atoms with Crippen molar-refractivity contribution in [2.24, 2.45) is 5.92 Å². The molecule has 1 amide bonds. The van der Waals surface area contributed by atoms with Gasteiger partial charge in [0.25, 0.3) is 5.91 Å². The molecule has 0 unspecified atom stereocenters. The van der Waals surface area contributed by atoms with Crippen molar-refractivity contribution in [3.8, 4) is 5.95 Å². The molecule has 2 aliphatic carbocycles. The molecule has 0 aromatic carbocycles. The summed E-state index contributed by atoms with van der Waals surface area (Å²) in [4.78, 5) is 25.8. The van der Waals surface area contributed by atoms with Crippen molar-refractivity contribution in [2.75, 3.05) is 0 Å². The second-order valence-electron chi connectivity index (χ2n) is 7.60. The number of fused-ring (bicyclic) bond motifs is 1. The van der Waals surface area contributed by atoms with Crippen molar-refractivity contribution in [1.82, 2.24) is 35.0 Å². The van der Waals surface area contributed by atoms with Crippen LogP contribution in [0.3, 0.4) is 0 Å². The number of carbonyl (C=O) groups is 1. The van der Waals surface area contributed by atoms with Crippen molar-refractivity contribution in [2.45, 2.75) is 50.2 Å². The fourth-order valence-electron chi connectivity index (χ4n) is 4.05. The summed E-state index contributed by atoms with van der Waals surface area (Å²) in [6, 6.07) is 0.0979. The van der Waals surface area contributed by atoms with Crippen molar-refractivity contribution in [3.63, 3.8) is 0 Å². The van der Waals surface area contributed by atoms with Crippen LogP contribution in [0.25, 0.3) is 17.0 Å². The minimum absolute atomic E-state index is 0.0979. The van der Waals surface area contributed by atoms with Gasteiger partial charge in [0.05, 0.1) is 11.8 Å². The molecule has 0 radical (unpaired) electrons. The van der Waals surface area contributed by atoms with E-state index in [1.165, 1.54) is 0 Å². The predicted octanol–water partition coefficient (Wildman–Crippen LogP) is 1.35. The van der Waals surface area contributed by atoms with Crippen molar-refractivity contribution in [3.05, 3.63) is 30.6 Å². The molecule has 3 aromatic heterocycles. The molecule has 3 N–H and O–H groups in total. The summed E-state index contributed by atoms with van der Waals surface area (Å²) >= 11 is 0. The van der Waals surface area contributed by atoms with Crippen LogP contribution in [0.15, 0.2) is 24.9 Å². The number of aliphatic hydroxyl groups is 1. The summed E-state index contributed by atoms with van der Waals surface area (Å²) in [6.45, 7) is 0. The van der Waals surface area contributed by atoms with E-state index in [1.54, 1.807) is 29.5 Å². The summed E-state index contributed by atoms with van der Waals surface area (Å²) in [5.74, 6) is 0.518. The molecule has 3 heterocycles. The Bertz CT molecular complexity index is 969. The van der Waals surface area contributed by atoms with E-state index in [-0.39, 0.29) is 17.6 Å². The highest BCUT2D eigenvalue weighted by Gasteiger charge is 2.48. The zero-order valence-electron chi connectivity index (χ0n) is 14.8. The second kappa shape index (κ2) is 6.12. The number of carbonyl (C=O) groups excluding carboxylic acids is 1. The van der Waals surface area contributed by atoms with Crippen molar-refractivity contribution in [1.29, 1.82) is 0 Å². The molecule has 2 fully saturated rings. The SMILES string of the molecule is O=C(N[C@H]1CC[C@H](C2(O)CC2)CC1)c1nc(-n2ccnc2)nc2cn[nH]c12. The van der Waals surface area contributed by atoms with Crippen LogP contribution in [-0.4, -0.2) is 52.4 Å². The second-order valence-corrected chi connectivity index (χ2v) is 7.60. The van der Waals surface area contributed by atoms with Gasteiger partial charge in [-0.05, 0) is 44.4 Å². The van der Waals surface area contributed by atoms with Gasteiger partial charge in [-0.3, -0.25) is 14.5 Å². The Morgan fingerprint density at radius 3 is 2.78 bits per heavy atom. The third-order valence-electron chi connectivity index (χ3n) is 5.82. The number of aromatic amines is 1. The average Bonchev–Trinajstić information content (AvgIpc) is 3.08. The molecule has 0 aliphatic heterocycles. The van der Waals surface area contributed by atoms with E-state index in [0.717, 1.165) is 38.5 Å². The van der Waals surface area contributed by atoms with Crippen molar-refractivity contribution >= 4 is 16.9 Å². The Balaban J connectivity index is 1.35. The van der Waals surface area contributed by atoms with E-state index >= 15 is 0 Å². The molecule has 2 aliphatic rings. The maximum atomic E-state index is 12.9. The monoisotopic (exact) mass is 367 g/mol. The third kappa shape index (κ3) is 2.97. The molecule has 0 atom stereocenters. The van der Waals surface area contributed by atoms with Crippen LogP contribution in [0, 0.1) is 5.92 Å². The van der Waals surface area contributed by atoms with E-state index in [0.29, 0.717) is 22.9 Å². The average molecular weight is 367 g/mol. The summed E-state index contributed by atoms with van der Waals surface area (Å²) in [5.41, 5.74) is 0.962. The van der Waals surface area contributed by atoms with Crippen LogP contribution in [0.4, 0.5) is 0 Å². The molecule has 27 heavy (non-hydrogen) atoms. The standard InChI is InChI=1S/C18H21N7O2/c26-16(21-12-3-1-11(2-4-12)18(27)5-6-18)15-14-13(9-20-24-14)22-17(23-15)25-8-7-19-10-25/h7-12,27H,1-6H2,(H,20,24)(H,21,26)/t11-,12-. The van der Waals surface area contributed by atoms with E-state index in [4.69, 9.17) is 0 Å². The minimum atomic E-state index is -0.427. The Kier molecular flexibility index (Phi) is 3.71. The lowest BCUT2D eigenvalue weighted by Gasteiger charge is -2.32. The van der Waals surface area contributed by atoms with Crippen LogP contribution >= 0.6 is 0 Å². The lowest BCUT2D eigenvalue weighted by molar-refractivity contribution is 0.0541. The maximum Gasteiger partial charge on any atom is 0.272 e. The summed E-state index contributed by atoms with van der Waals surface area (Å²) < 4.78 is 1.66. The topological polar surface area (TPSA) is 122 Å². The van der Waals surface area contributed by atoms with Gasteiger partial charge in [-0.25, -0.2) is 15.0 Å². The van der Waals surface area contributed by atoms with Gasteiger partial charge in [-0.1, -0.05) is 0 Å². The lowest BCUT2D eigenvalue weighted by atomic mass is 9.81. The van der Waals surface area contributed by atoms with Crippen molar-refractivity contribution < 1.29 is 9.90 Å². The summed E-state index contributed by atoms with van der Waals surface area (Å²) in [5, 5.41) is 20.2. The molecule has 9 heteroatoms. The minimum Gasteiger partial charge on any atom is -0.390 e. The number of hydrogen-bond donors (Lipinski definition) is 3. The predicted molar refractivity (Wildman–Crippen MR) is 96.2 cm³/mol. The first-order valence-electron chi connectivity index (χ1n) is 9.35. The molecular formula is C18H21N7O2. The number of hydrogen-bond acceptors (Lipinski definition) is 6. The molecule has 2 saturated carbocycles. The molecule has 0 spiro atoms. The highest BCUT2D eigenvalue weighted by molar-refractivity contribution is 6.02. The van der Waals surface area contributed by atoms with Gasteiger partial charge in [-0.15, -0.1) is 0 Å². The fourth-order valence-corrected chi connectivity index (χ4v) is 4.05. The van der Waals surface area contributed by atoms with E-state index in [2.05, 4.69) is 30.5 Å². The van der Waals surface area contributed by atoms with Crippen LogP contribution in [0.2, 0.25) is 0 Å². The molecule has 140 valence electrons. The zero-order chi connectivity index (χ0) is 18.4. The quantitative estimate of drug-likeness (QED) is 0.640. The van der Waals surface area contributed by atoms with E-state index < -0.39 is 5.60 Å². The summed E-state index contributed by atoms with van der Waals surface area (Å²) in [7, 11) is 0. The number of nitrogens with one attached hydrogen (secondary N) is 2. The van der Waals surface area contributed by atoms with Gasteiger partial charge in [0.1, 0.15) is 17.4 Å². The van der Waals surface area contributed by atoms with Crippen LogP contribution in [0.1, 0.15) is 49.0 Å². The normalized spacial score (nSPS) is 24.0. The largest absolute Gasteiger partial charge is 0.390 e. The molecule has 0 bridgehead atoms. The van der Waals surface area contributed by atoms with Gasteiger partial charge in [0, 0.05) is 18.4 Å². The van der Waals surface area contributed by atoms with Gasteiger partial charge < -0.3 is 10.4 Å². The Morgan fingerprint density at radius 1 is 1.26 bits per heavy atom. The Hall–Kier alpha value is -2.81. The van der Waals surface area contributed by atoms with E-state index in [9.17, 15) is 9.90 Å². The number of rotatable bonds is 4. The Morgan fingerprint density at radius 2 is 2.07 bits per heavy atom. The van der Waals surface area contributed by atoms with Gasteiger partial charge in [0.15, 0.2) is 5.69 Å². The molecule has 3 aromatic rings. The maximum absolute atomic E-state index is 12.9. The number of nitrogens with zero attached hydrogens (tertiary/aromatic N) is 5. The molecular weight excluding hydrogens is 346 g/mol. The zero-order valence-corrected chi connectivity index (χ0v) is 14.8. The first kappa shape index (κ1) is 16.4. The van der Waals surface area contributed by atoms with Crippen LogP contribution in [-0.2, 0) is 0 Å². The van der Waals surface area contributed by atoms with Crippen LogP contribution < -0.4 is 5.32 Å². The number of H-pyrrole nitrogens is 1. The number of aromatic nitrogens is 6.